The number of hydrogen-bond acceptors (Lipinski definition) is 6. The molecule has 0 saturated carbocycles. The lowest BCUT2D eigenvalue weighted by Crippen LogP contribution is -2.02. The van der Waals surface area contributed by atoms with Gasteiger partial charge in [0.25, 0.3) is 0 Å². The summed E-state index contributed by atoms with van der Waals surface area (Å²) in [7, 11) is 1.42. The first-order valence-electron chi connectivity index (χ1n) is 5.24. The van der Waals surface area contributed by atoms with Crippen LogP contribution < -0.4 is 0 Å². The number of nitro groups is 1. The molecule has 0 aliphatic carbocycles. The quantitative estimate of drug-likeness (QED) is 0.625. The van der Waals surface area contributed by atoms with Gasteiger partial charge in [0.15, 0.2) is 11.5 Å². The van der Waals surface area contributed by atoms with E-state index in [4.69, 9.17) is 16.3 Å². The maximum absolute atomic E-state index is 11.0. The number of aryl methyl sites for hydroxylation is 1. The van der Waals surface area contributed by atoms with Crippen LogP contribution in [0.5, 0.6) is 0 Å². The number of halogens is 1. The molecule has 0 N–H and O–H groups in total. The van der Waals surface area contributed by atoms with Crippen molar-refractivity contribution >= 4 is 17.3 Å². The van der Waals surface area contributed by atoms with E-state index in [2.05, 4.69) is 15.1 Å². The molecule has 0 fully saturated rings. The first kappa shape index (κ1) is 13.4. The zero-order chi connectivity index (χ0) is 14.0. The van der Waals surface area contributed by atoms with E-state index in [1.54, 1.807) is 13.0 Å². The summed E-state index contributed by atoms with van der Waals surface area (Å²) in [4.78, 5) is 18.3. The Morgan fingerprint density at radius 1 is 1.53 bits per heavy atom. The van der Waals surface area contributed by atoms with Crippen molar-refractivity contribution in [3.8, 4) is 5.82 Å². The highest BCUT2D eigenvalue weighted by Crippen LogP contribution is 2.30. The van der Waals surface area contributed by atoms with Gasteiger partial charge in [0.2, 0.25) is 5.15 Å². The average molecular weight is 284 g/mol. The van der Waals surface area contributed by atoms with E-state index >= 15 is 0 Å². The second-order valence-electron chi connectivity index (χ2n) is 3.71. The van der Waals surface area contributed by atoms with E-state index in [0.717, 1.165) is 0 Å². The molecule has 9 heteroatoms. The molecular formula is C10H10ClN5O3. The second-order valence-corrected chi connectivity index (χ2v) is 4.06. The van der Waals surface area contributed by atoms with Crippen LogP contribution in [0.4, 0.5) is 5.69 Å². The van der Waals surface area contributed by atoms with Gasteiger partial charge < -0.3 is 4.74 Å². The summed E-state index contributed by atoms with van der Waals surface area (Å²) in [6.45, 7) is 1.76. The van der Waals surface area contributed by atoms with Crippen LogP contribution in [0.15, 0.2) is 12.4 Å². The molecule has 100 valence electrons. The van der Waals surface area contributed by atoms with E-state index < -0.39 is 4.92 Å². The molecule has 0 bridgehead atoms. The third-order valence-electron chi connectivity index (χ3n) is 2.35. The Kier molecular flexibility index (Phi) is 3.72. The predicted octanol–water partition coefficient (Wildman–Crippen LogP) is 1.68. The molecule has 0 spiro atoms. The van der Waals surface area contributed by atoms with Crippen molar-refractivity contribution in [2.75, 3.05) is 7.11 Å². The topological polar surface area (TPSA) is 96.0 Å². The first-order chi connectivity index (χ1) is 9.04. The Morgan fingerprint density at radius 2 is 2.26 bits per heavy atom. The smallest absolute Gasteiger partial charge is 0.331 e. The number of methoxy groups -OCH3 is 1. The Bertz CT molecular complexity index is 628. The molecule has 0 amide bonds. The Hall–Kier alpha value is -2.06. The summed E-state index contributed by atoms with van der Waals surface area (Å²) in [5, 5.41) is 15.0. The molecule has 0 unspecified atom stereocenters. The van der Waals surface area contributed by atoms with Crippen LogP contribution in [0.1, 0.15) is 11.4 Å². The standard InChI is InChI=1S/C10H10ClN5O3/c1-6-3-8(13-5-12-6)15-10(11)9(16(17)18)7(14-15)4-19-2/h3,5H,4H2,1-2H3. The number of nitrogens with zero attached hydrogens (tertiary/aromatic N) is 5. The Balaban J connectivity index is 2.59. The van der Waals surface area contributed by atoms with E-state index in [1.807, 2.05) is 0 Å². The molecular weight excluding hydrogens is 274 g/mol. The molecule has 0 aliphatic heterocycles. The summed E-state index contributed by atoms with van der Waals surface area (Å²) in [6.07, 6.45) is 1.34. The van der Waals surface area contributed by atoms with Crippen LogP contribution in [0, 0.1) is 17.0 Å². The highest BCUT2D eigenvalue weighted by molar-refractivity contribution is 6.32. The minimum atomic E-state index is -0.589. The van der Waals surface area contributed by atoms with Crippen molar-refractivity contribution < 1.29 is 9.66 Å². The number of hydrogen-bond donors (Lipinski definition) is 0. The zero-order valence-electron chi connectivity index (χ0n) is 10.2. The normalized spacial score (nSPS) is 10.7. The van der Waals surface area contributed by atoms with Gasteiger partial charge in [-0.1, -0.05) is 11.6 Å². The van der Waals surface area contributed by atoms with Gasteiger partial charge >= 0.3 is 5.69 Å². The minimum absolute atomic E-state index is 0.00685. The van der Waals surface area contributed by atoms with Crippen LogP contribution in [0.2, 0.25) is 5.15 Å². The van der Waals surface area contributed by atoms with Gasteiger partial charge in [-0.25, -0.2) is 9.97 Å². The molecule has 2 rings (SSSR count). The molecule has 2 aromatic heterocycles. The Morgan fingerprint density at radius 3 is 2.84 bits per heavy atom. The SMILES string of the molecule is COCc1nn(-c2cc(C)ncn2)c(Cl)c1[N+](=O)[O-]. The van der Waals surface area contributed by atoms with E-state index in [-0.39, 0.29) is 23.1 Å². The molecule has 2 aromatic rings. The number of rotatable bonds is 4. The third-order valence-corrected chi connectivity index (χ3v) is 2.68. The van der Waals surface area contributed by atoms with Crippen LogP contribution >= 0.6 is 11.6 Å². The zero-order valence-corrected chi connectivity index (χ0v) is 11.0. The van der Waals surface area contributed by atoms with Gasteiger partial charge in [-0.2, -0.15) is 9.78 Å². The van der Waals surface area contributed by atoms with E-state index in [9.17, 15) is 10.1 Å². The van der Waals surface area contributed by atoms with Crippen LogP contribution in [-0.2, 0) is 11.3 Å². The van der Waals surface area contributed by atoms with Crippen molar-refractivity contribution in [2.45, 2.75) is 13.5 Å². The molecule has 0 saturated heterocycles. The van der Waals surface area contributed by atoms with Crippen LogP contribution in [0.25, 0.3) is 5.82 Å². The number of aromatic nitrogens is 4. The summed E-state index contributed by atoms with van der Waals surface area (Å²) in [5.41, 5.74) is 0.570. The third kappa shape index (κ3) is 2.54. The van der Waals surface area contributed by atoms with E-state index in [0.29, 0.717) is 11.5 Å². The van der Waals surface area contributed by atoms with Crippen molar-refractivity contribution in [3.63, 3.8) is 0 Å². The fraction of sp³-hybridized carbons (Fsp3) is 0.300. The van der Waals surface area contributed by atoms with Crippen LogP contribution in [0.3, 0.4) is 0 Å². The molecule has 8 nitrogen and oxygen atoms in total. The maximum Gasteiger partial charge on any atom is 0.331 e. The lowest BCUT2D eigenvalue weighted by molar-refractivity contribution is -0.385. The van der Waals surface area contributed by atoms with Gasteiger partial charge in [-0.05, 0) is 6.92 Å². The maximum atomic E-state index is 11.0. The van der Waals surface area contributed by atoms with Gasteiger partial charge in [0.05, 0.1) is 11.5 Å². The molecule has 0 aromatic carbocycles. The van der Waals surface area contributed by atoms with E-state index in [1.165, 1.54) is 18.1 Å². The average Bonchev–Trinajstić information content (AvgIpc) is 2.67. The predicted molar refractivity (Wildman–Crippen MR) is 66.3 cm³/mol. The number of ether oxygens (including phenoxy) is 1. The van der Waals surface area contributed by atoms with Crippen molar-refractivity contribution in [2.24, 2.45) is 0 Å². The molecule has 19 heavy (non-hydrogen) atoms. The van der Waals surface area contributed by atoms with Crippen molar-refractivity contribution in [3.05, 3.63) is 39.0 Å². The van der Waals surface area contributed by atoms with Gasteiger partial charge in [-0.3, -0.25) is 10.1 Å². The largest absolute Gasteiger partial charge is 0.378 e. The second kappa shape index (κ2) is 5.29. The van der Waals surface area contributed by atoms with Crippen LogP contribution in [-0.4, -0.2) is 31.8 Å². The summed E-state index contributed by atoms with van der Waals surface area (Å²) in [6, 6.07) is 1.62. The monoisotopic (exact) mass is 283 g/mol. The minimum Gasteiger partial charge on any atom is -0.378 e. The molecule has 0 aliphatic rings. The highest BCUT2D eigenvalue weighted by atomic mass is 35.5. The van der Waals surface area contributed by atoms with Crippen molar-refractivity contribution in [1.82, 2.24) is 19.7 Å². The summed E-state index contributed by atoms with van der Waals surface area (Å²) in [5.74, 6) is 0.364. The fourth-order valence-corrected chi connectivity index (χ4v) is 1.86. The van der Waals surface area contributed by atoms with Gasteiger partial charge in [0.1, 0.15) is 6.33 Å². The highest BCUT2D eigenvalue weighted by Gasteiger charge is 2.27. The molecule has 0 radical (unpaired) electrons. The van der Waals surface area contributed by atoms with Gasteiger partial charge in [0, 0.05) is 18.9 Å². The van der Waals surface area contributed by atoms with Crippen molar-refractivity contribution in [1.29, 1.82) is 0 Å². The summed E-state index contributed by atoms with van der Waals surface area (Å²) < 4.78 is 6.07. The summed E-state index contributed by atoms with van der Waals surface area (Å²) >= 11 is 5.99. The lowest BCUT2D eigenvalue weighted by atomic mass is 10.4. The molecule has 0 atom stereocenters. The lowest BCUT2D eigenvalue weighted by Gasteiger charge is -2.00. The van der Waals surface area contributed by atoms with Gasteiger partial charge in [-0.15, -0.1) is 0 Å². The first-order valence-corrected chi connectivity index (χ1v) is 5.62. The Labute approximate surface area is 113 Å². The fourth-order valence-electron chi connectivity index (χ4n) is 1.55. The molecule has 2 heterocycles.